The molecule has 3 unspecified atom stereocenters. The van der Waals surface area contributed by atoms with Gasteiger partial charge in [0.05, 0.1) is 6.10 Å². The number of methoxy groups -OCH3 is 1. The number of carbonyl (C=O) groups is 4. The van der Waals surface area contributed by atoms with Gasteiger partial charge in [-0.3, -0.25) is 4.79 Å². The summed E-state index contributed by atoms with van der Waals surface area (Å²) in [6.45, 7) is 6.69. The molecule has 0 aromatic heterocycles. The van der Waals surface area contributed by atoms with Crippen molar-refractivity contribution in [2.75, 3.05) is 7.11 Å². The van der Waals surface area contributed by atoms with E-state index in [-0.39, 0.29) is 29.5 Å². The minimum Gasteiger partial charge on any atom is -0.456 e. The molecule has 2 aliphatic heterocycles. The summed E-state index contributed by atoms with van der Waals surface area (Å²) < 4.78 is 44.3. The van der Waals surface area contributed by atoms with E-state index in [0.717, 1.165) is 5.57 Å². The lowest BCUT2D eigenvalue weighted by Crippen LogP contribution is -2.57. The Morgan fingerprint density at radius 2 is 1.98 bits per heavy atom. The van der Waals surface area contributed by atoms with Crippen LogP contribution < -0.4 is 5.32 Å². The summed E-state index contributed by atoms with van der Waals surface area (Å²) >= 11 is 6.04. The Balaban J connectivity index is 1.26. The van der Waals surface area contributed by atoms with Gasteiger partial charge in [-0.1, -0.05) is 68.0 Å². The van der Waals surface area contributed by atoms with Crippen molar-refractivity contribution >= 4 is 35.4 Å². The van der Waals surface area contributed by atoms with Crippen LogP contribution in [0.25, 0.3) is 0 Å². The van der Waals surface area contributed by atoms with Crippen molar-refractivity contribution in [1.29, 1.82) is 0 Å². The fourth-order valence-electron chi connectivity index (χ4n) is 8.51. The number of benzene rings is 1. The van der Waals surface area contributed by atoms with E-state index < -0.39 is 95.5 Å². The number of amides is 1. The average molecular weight is 728 g/mol. The lowest BCUT2D eigenvalue weighted by molar-refractivity contribution is -0.180. The van der Waals surface area contributed by atoms with Crippen LogP contribution in [0.15, 0.2) is 65.8 Å². The summed E-state index contributed by atoms with van der Waals surface area (Å²) in [4.78, 5) is 52.3. The van der Waals surface area contributed by atoms with E-state index in [0.29, 0.717) is 12.0 Å². The predicted octanol–water partition coefficient (Wildman–Crippen LogP) is 4.30. The fourth-order valence-corrected chi connectivity index (χ4v) is 8.74. The van der Waals surface area contributed by atoms with Crippen LogP contribution >= 0.6 is 11.6 Å². The second kappa shape index (κ2) is 14.7. The molecule has 51 heavy (non-hydrogen) atoms. The number of allylic oxidation sites excluding steroid dienone is 3. The van der Waals surface area contributed by atoms with Crippen LogP contribution in [0.2, 0.25) is 5.02 Å². The Morgan fingerprint density at radius 3 is 2.67 bits per heavy atom. The molecular weight excluding hydrogens is 685 g/mol. The van der Waals surface area contributed by atoms with Gasteiger partial charge in [0.25, 0.3) is 0 Å². The Morgan fingerprint density at radius 1 is 1.22 bits per heavy atom. The molecule has 4 bridgehead atoms. The quantitative estimate of drug-likeness (QED) is 0.180. The molecule has 2 heterocycles. The first-order chi connectivity index (χ1) is 24.3. The van der Waals surface area contributed by atoms with Gasteiger partial charge in [-0.05, 0) is 44.4 Å². The molecule has 1 amide bonds. The highest BCUT2D eigenvalue weighted by Gasteiger charge is 2.69. The molecule has 6 rings (SSSR count). The maximum Gasteiger partial charge on any atom is 0.397 e. The van der Waals surface area contributed by atoms with Crippen LogP contribution in [-0.4, -0.2) is 78.3 Å². The molecule has 13 heteroatoms. The number of hydrogen-bond donors (Lipinski definition) is 2. The molecule has 0 radical (unpaired) electrons. The molecule has 5 aliphatic rings. The Bertz CT molecular complexity index is 1690. The number of esters is 3. The molecule has 12 atom stereocenters. The summed E-state index contributed by atoms with van der Waals surface area (Å²) in [7, 11) is 1.39. The first kappa shape index (κ1) is 36.9. The fraction of sp³-hybridized carbons (Fsp3) is 0.526. The third kappa shape index (κ3) is 6.67. The van der Waals surface area contributed by atoms with Crippen molar-refractivity contribution in [3.05, 3.63) is 82.2 Å². The third-order valence-corrected chi connectivity index (χ3v) is 11.5. The summed E-state index contributed by atoms with van der Waals surface area (Å²) in [5, 5.41) is 14.3. The van der Waals surface area contributed by atoms with Crippen molar-refractivity contribution < 1.29 is 52.4 Å². The van der Waals surface area contributed by atoms with Gasteiger partial charge >= 0.3 is 23.8 Å². The SMILES string of the molecule is CO[C@H]1C[C@H]2C=CC3C4C(O)[C@@H](C)[C@@H](OC(=O)C5=CC=CC5)[C@@H]3O[C@]42/C(C)=C/[C@@H](C)[C@@H]([C@@H](C)OC(=O)C(=O)NCc2c(F)cccc2Cl)OC1=O. The van der Waals surface area contributed by atoms with E-state index in [1.807, 2.05) is 38.2 Å². The molecule has 11 nitrogen and oxygen atoms in total. The van der Waals surface area contributed by atoms with Gasteiger partial charge in [-0.15, -0.1) is 0 Å². The van der Waals surface area contributed by atoms with Gasteiger partial charge < -0.3 is 34.1 Å². The smallest absolute Gasteiger partial charge is 0.397 e. The molecule has 2 fully saturated rings. The number of hydrogen-bond acceptors (Lipinski definition) is 10. The van der Waals surface area contributed by atoms with E-state index in [9.17, 15) is 28.7 Å². The van der Waals surface area contributed by atoms with Crippen LogP contribution in [-0.2, 0) is 49.4 Å². The molecule has 3 aliphatic carbocycles. The highest BCUT2D eigenvalue weighted by Crippen LogP contribution is 2.61. The molecule has 274 valence electrons. The van der Waals surface area contributed by atoms with Gasteiger partial charge in [0, 0.05) is 59.4 Å². The molecule has 1 saturated carbocycles. The van der Waals surface area contributed by atoms with Crippen molar-refractivity contribution in [3.8, 4) is 0 Å². The second-order valence-electron chi connectivity index (χ2n) is 14.1. The first-order valence-corrected chi connectivity index (χ1v) is 17.6. The minimum absolute atomic E-state index is 0.0121. The van der Waals surface area contributed by atoms with Crippen LogP contribution in [0.3, 0.4) is 0 Å². The zero-order valence-corrected chi connectivity index (χ0v) is 29.8. The average Bonchev–Trinajstić information content (AvgIpc) is 3.70. The lowest BCUT2D eigenvalue weighted by atomic mass is 9.57. The van der Waals surface area contributed by atoms with E-state index in [2.05, 4.69) is 5.32 Å². The van der Waals surface area contributed by atoms with Gasteiger partial charge in [0.15, 0.2) is 6.10 Å². The Kier molecular flexibility index (Phi) is 10.6. The third-order valence-electron chi connectivity index (χ3n) is 11.1. The van der Waals surface area contributed by atoms with Gasteiger partial charge in [0.1, 0.15) is 35.8 Å². The number of nitrogens with one attached hydrogen (secondary N) is 1. The molecular formula is C38H43ClFNO10. The lowest BCUT2D eigenvalue weighted by Gasteiger charge is -2.49. The maximum atomic E-state index is 14.2. The zero-order valence-electron chi connectivity index (χ0n) is 29.0. The summed E-state index contributed by atoms with van der Waals surface area (Å²) in [5.41, 5.74) is 0.217. The predicted molar refractivity (Wildman–Crippen MR) is 181 cm³/mol. The summed E-state index contributed by atoms with van der Waals surface area (Å²) in [6.07, 6.45) is 6.46. The number of cyclic esters (lactones) is 1. The van der Waals surface area contributed by atoms with Crippen LogP contribution in [0.5, 0.6) is 0 Å². The number of aliphatic hydroxyl groups is 1. The van der Waals surface area contributed by atoms with E-state index in [4.69, 9.17) is 35.3 Å². The number of carbonyl (C=O) groups excluding carboxylic acids is 4. The second-order valence-corrected chi connectivity index (χ2v) is 14.5. The number of rotatable bonds is 7. The summed E-state index contributed by atoms with van der Waals surface area (Å²) in [5.74, 6) is -6.32. The highest BCUT2D eigenvalue weighted by atomic mass is 35.5. The Labute approximate surface area is 300 Å². The maximum absolute atomic E-state index is 14.2. The van der Waals surface area contributed by atoms with E-state index >= 15 is 0 Å². The molecule has 2 N–H and O–H groups in total. The van der Waals surface area contributed by atoms with Gasteiger partial charge in [-0.2, -0.15) is 0 Å². The Hall–Kier alpha value is -3.84. The zero-order chi connectivity index (χ0) is 36.8. The van der Waals surface area contributed by atoms with Crippen molar-refractivity contribution in [2.45, 2.75) is 89.3 Å². The van der Waals surface area contributed by atoms with Crippen LogP contribution in [0, 0.1) is 35.4 Å². The van der Waals surface area contributed by atoms with E-state index in [1.165, 1.54) is 32.2 Å². The molecule has 1 aromatic carbocycles. The van der Waals surface area contributed by atoms with Crippen molar-refractivity contribution in [3.63, 3.8) is 0 Å². The molecule has 1 saturated heterocycles. The van der Waals surface area contributed by atoms with Crippen molar-refractivity contribution in [2.24, 2.45) is 29.6 Å². The topological polar surface area (TPSA) is 147 Å². The largest absolute Gasteiger partial charge is 0.456 e. The molecule has 1 spiro atoms. The molecule has 1 aromatic rings. The minimum atomic E-state index is -1.26. The standard InChI is InChI=1S/C38H43ClFNO10/c1-18-15-19(2)38-23(13-14-24-29(38)30(42)20(3)32(33(24)51-38)50-35(44)22-9-6-7-10-22)16-28(47-5)36(45)49-31(18)21(4)48-37(46)34(43)41-17-25-26(39)11-8-12-27(25)40/h6-9,11-15,18,20-21,23-24,28-33,42H,10,16-17H2,1-5H3,(H,41,43)/b19-15+/t18-,20-,21-,23-,24?,28+,29?,30?,31+,32-,33-,38+/m1/s1. The normalized spacial score (nSPS) is 36.9. The number of ether oxygens (including phenoxy) is 5. The number of aliphatic hydroxyl groups excluding tert-OH is 1. The van der Waals surface area contributed by atoms with Gasteiger partial charge in [-0.25, -0.2) is 18.8 Å². The number of halogens is 2. The summed E-state index contributed by atoms with van der Waals surface area (Å²) in [6, 6.07) is 4.06. The first-order valence-electron chi connectivity index (χ1n) is 17.2. The monoisotopic (exact) mass is 727 g/mol. The highest BCUT2D eigenvalue weighted by molar-refractivity contribution is 6.33. The van der Waals surface area contributed by atoms with Crippen LogP contribution in [0.4, 0.5) is 4.39 Å². The van der Waals surface area contributed by atoms with Crippen LogP contribution in [0.1, 0.15) is 46.1 Å². The van der Waals surface area contributed by atoms with E-state index in [1.54, 1.807) is 19.1 Å². The van der Waals surface area contributed by atoms with Crippen molar-refractivity contribution in [1.82, 2.24) is 5.32 Å². The van der Waals surface area contributed by atoms with Gasteiger partial charge in [0.2, 0.25) is 0 Å².